The van der Waals surface area contributed by atoms with Crippen molar-refractivity contribution in [2.45, 2.75) is 34.1 Å². The lowest BCUT2D eigenvalue weighted by Crippen LogP contribution is -2.23. The molecule has 0 fully saturated rings. The summed E-state index contributed by atoms with van der Waals surface area (Å²) in [5.74, 6) is 0.0156. The first-order valence-electron chi connectivity index (χ1n) is 9.37. The Hall–Kier alpha value is -2.95. The molecule has 0 radical (unpaired) electrons. The molecule has 5 heteroatoms. The third-order valence-electron chi connectivity index (χ3n) is 4.73. The number of carbonyl (C=O) groups is 1. The van der Waals surface area contributed by atoms with E-state index in [2.05, 4.69) is 17.1 Å². The molecular weight excluding hydrogens is 336 g/mol. The summed E-state index contributed by atoms with van der Waals surface area (Å²) in [5, 5.41) is 12.6. The predicted octanol–water partition coefficient (Wildman–Crippen LogP) is 4.51. The number of para-hydroxylation sites is 1. The number of allylic oxidation sites excluding steroid dienone is 3. The van der Waals surface area contributed by atoms with E-state index in [9.17, 15) is 4.79 Å². The molecule has 1 amide bonds. The molecular formula is C22H26N4O. The molecule has 0 saturated carbocycles. The monoisotopic (exact) mass is 362 g/mol. The van der Waals surface area contributed by atoms with Crippen molar-refractivity contribution in [3.05, 3.63) is 65.9 Å². The molecule has 0 bridgehead atoms. The third kappa shape index (κ3) is 3.92. The zero-order valence-corrected chi connectivity index (χ0v) is 16.4. The van der Waals surface area contributed by atoms with Crippen molar-refractivity contribution in [2.75, 3.05) is 11.6 Å². The lowest BCUT2D eigenvalue weighted by Gasteiger charge is -2.15. The number of benzene rings is 1. The predicted molar refractivity (Wildman–Crippen MR) is 112 cm³/mol. The fraction of sp³-hybridized carbons (Fsp3) is 0.318. The minimum atomic E-state index is -0.0766. The van der Waals surface area contributed by atoms with Crippen LogP contribution in [0.5, 0.6) is 0 Å². The molecule has 0 N–H and O–H groups in total. The molecule has 0 saturated heterocycles. The van der Waals surface area contributed by atoms with Gasteiger partial charge < -0.3 is 0 Å². The van der Waals surface area contributed by atoms with Crippen molar-refractivity contribution in [1.82, 2.24) is 5.01 Å². The Bertz CT molecular complexity index is 862. The first-order chi connectivity index (χ1) is 13.0. The van der Waals surface area contributed by atoms with Crippen LogP contribution in [0.1, 0.15) is 34.1 Å². The molecule has 3 rings (SSSR count). The fourth-order valence-electron chi connectivity index (χ4n) is 3.17. The first kappa shape index (κ1) is 18.8. The number of hydrazone groups is 2. The molecule has 5 nitrogen and oxygen atoms in total. The van der Waals surface area contributed by atoms with E-state index in [0.717, 1.165) is 35.8 Å². The number of anilines is 1. The second-order valence-electron chi connectivity index (χ2n) is 6.67. The first-order valence-corrected chi connectivity index (χ1v) is 9.37. The molecule has 1 aromatic carbocycles. The van der Waals surface area contributed by atoms with E-state index in [4.69, 9.17) is 0 Å². The number of carbonyl (C=O) groups excluding carboxylic acids is 1. The van der Waals surface area contributed by atoms with Crippen LogP contribution in [0.3, 0.4) is 0 Å². The molecule has 0 spiro atoms. The highest BCUT2D eigenvalue weighted by Crippen LogP contribution is 2.27. The molecule has 0 aromatic heterocycles. The quantitative estimate of drug-likeness (QED) is 0.571. The minimum absolute atomic E-state index is 0.0766. The summed E-state index contributed by atoms with van der Waals surface area (Å²) in [6, 6.07) is 10.1. The maximum absolute atomic E-state index is 12.9. The molecule has 27 heavy (non-hydrogen) atoms. The Labute approximate surface area is 161 Å². The van der Waals surface area contributed by atoms with Crippen molar-refractivity contribution < 1.29 is 4.79 Å². The van der Waals surface area contributed by atoms with Gasteiger partial charge in [0.2, 0.25) is 0 Å². The van der Waals surface area contributed by atoms with E-state index >= 15 is 0 Å². The number of nitrogens with zero attached hydrogens (tertiary/aromatic N) is 4. The highest BCUT2D eigenvalue weighted by Gasteiger charge is 2.32. The summed E-state index contributed by atoms with van der Waals surface area (Å²) in [6.07, 6.45) is 8.80. The topological polar surface area (TPSA) is 48.3 Å². The van der Waals surface area contributed by atoms with Crippen LogP contribution in [0.4, 0.5) is 5.69 Å². The van der Waals surface area contributed by atoms with Crippen LogP contribution >= 0.6 is 0 Å². The van der Waals surface area contributed by atoms with Crippen molar-refractivity contribution >= 4 is 23.0 Å². The van der Waals surface area contributed by atoms with Crippen LogP contribution in [-0.4, -0.2) is 28.9 Å². The van der Waals surface area contributed by atoms with Crippen LogP contribution in [-0.2, 0) is 4.79 Å². The normalized spacial score (nSPS) is 22.2. The smallest absolute Gasteiger partial charge is 0.267 e. The Morgan fingerprint density at radius 2 is 1.96 bits per heavy atom. The van der Waals surface area contributed by atoms with Crippen LogP contribution in [0.15, 0.2) is 76.1 Å². The van der Waals surface area contributed by atoms with Crippen LogP contribution in [0.25, 0.3) is 0 Å². The molecule has 1 aromatic rings. The van der Waals surface area contributed by atoms with Gasteiger partial charge >= 0.3 is 0 Å². The molecule has 0 aliphatic carbocycles. The maximum atomic E-state index is 12.9. The van der Waals surface area contributed by atoms with E-state index in [0.29, 0.717) is 5.57 Å². The lowest BCUT2D eigenvalue weighted by molar-refractivity contribution is -0.123. The van der Waals surface area contributed by atoms with Gasteiger partial charge in [0.1, 0.15) is 0 Å². The zero-order chi connectivity index (χ0) is 19.4. The average molecular weight is 362 g/mol. The maximum Gasteiger partial charge on any atom is 0.280 e. The third-order valence-corrected chi connectivity index (χ3v) is 4.73. The summed E-state index contributed by atoms with van der Waals surface area (Å²) >= 11 is 0. The van der Waals surface area contributed by atoms with Crippen molar-refractivity contribution in [3.63, 3.8) is 0 Å². The summed E-state index contributed by atoms with van der Waals surface area (Å²) in [5.41, 5.74) is 4.27. The lowest BCUT2D eigenvalue weighted by atomic mass is 9.99. The van der Waals surface area contributed by atoms with E-state index in [1.54, 1.807) is 0 Å². The molecule has 140 valence electrons. The molecule has 1 unspecified atom stereocenters. The van der Waals surface area contributed by atoms with Gasteiger partial charge in [-0.05, 0) is 45.4 Å². The SMILES string of the molecule is C/C=C(\C=C/CC)N1N=C(C)/C(=C/C2CN(c3ccccc3)N=C2C)C1=O. The van der Waals surface area contributed by atoms with Gasteiger partial charge in [-0.2, -0.15) is 15.2 Å². The summed E-state index contributed by atoms with van der Waals surface area (Å²) in [4.78, 5) is 12.9. The molecule has 2 aliphatic rings. The van der Waals surface area contributed by atoms with Gasteiger partial charge in [-0.25, -0.2) is 0 Å². The van der Waals surface area contributed by atoms with Crippen molar-refractivity contribution in [2.24, 2.45) is 16.1 Å². The standard InChI is InChI=1S/C22H26N4O/c1-5-7-11-19(6-2)26-22(27)21(17(4)24-26)14-18-15-25(23-16(18)3)20-12-9-8-10-13-20/h6-14,18H,5,15H2,1-4H3/b11-7-,19-6+,21-14-. The van der Waals surface area contributed by atoms with Crippen molar-refractivity contribution in [3.8, 4) is 0 Å². The Morgan fingerprint density at radius 1 is 1.22 bits per heavy atom. The van der Waals surface area contributed by atoms with Gasteiger partial charge in [0.25, 0.3) is 5.91 Å². The number of hydrogen-bond acceptors (Lipinski definition) is 4. The summed E-state index contributed by atoms with van der Waals surface area (Å²) in [7, 11) is 0. The Morgan fingerprint density at radius 3 is 2.63 bits per heavy atom. The summed E-state index contributed by atoms with van der Waals surface area (Å²) in [6.45, 7) is 8.61. The van der Waals surface area contributed by atoms with Gasteiger partial charge in [-0.1, -0.05) is 43.4 Å². The van der Waals surface area contributed by atoms with Crippen LogP contribution in [0.2, 0.25) is 0 Å². The molecule has 2 aliphatic heterocycles. The van der Waals surface area contributed by atoms with Gasteiger partial charge in [0, 0.05) is 11.6 Å². The van der Waals surface area contributed by atoms with Crippen LogP contribution in [0, 0.1) is 5.92 Å². The van der Waals surface area contributed by atoms with Gasteiger partial charge in [0.05, 0.1) is 29.2 Å². The van der Waals surface area contributed by atoms with Crippen LogP contribution < -0.4 is 5.01 Å². The highest BCUT2D eigenvalue weighted by atomic mass is 16.2. The van der Waals surface area contributed by atoms with Gasteiger partial charge in [-0.3, -0.25) is 9.80 Å². The largest absolute Gasteiger partial charge is 0.280 e. The second-order valence-corrected chi connectivity index (χ2v) is 6.67. The number of amides is 1. The summed E-state index contributed by atoms with van der Waals surface area (Å²) < 4.78 is 0. The van der Waals surface area contributed by atoms with E-state index < -0.39 is 0 Å². The molecule has 1 atom stereocenters. The fourth-order valence-corrected chi connectivity index (χ4v) is 3.17. The highest BCUT2D eigenvalue weighted by molar-refractivity contribution is 6.24. The minimum Gasteiger partial charge on any atom is -0.267 e. The number of rotatable bonds is 5. The Balaban J connectivity index is 1.80. The average Bonchev–Trinajstić information content (AvgIpc) is 3.18. The van der Waals surface area contributed by atoms with Gasteiger partial charge in [0.15, 0.2) is 0 Å². The number of hydrogen-bond donors (Lipinski definition) is 0. The Kier molecular flexibility index (Phi) is 5.69. The van der Waals surface area contributed by atoms with E-state index in [1.165, 1.54) is 5.01 Å². The van der Waals surface area contributed by atoms with Crippen molar-refractivity contribution in [1.29, 1.82) is 0 Å². The second kappa shape index (κ2) is 8.16. The molecule has 2 heterocycles. The van der Waals surface area contributed by atoms with E-state index in [1.807, 2.05) is 80.4 Å². The van der Waals surface area contributed by atoms with Gasteiger partial charge in [-0.15, -0.1) is 0 Å². The van der Waals surface area contributed by atoms with E-state index in [-0.39, 0.29) is 11.8 Å². The zero-order valence-electron chi connectivity index (χ0n) is 16.4.